The lowest BCUT2D eigenvalue weighted by atomic mass is 9.89. The zero-order valence-electron chi connectivity index (χ0n) is 37.2. The van der Waals surface area contributed by atoms with Crippen LogP contribution < -0.4 is 14.2 Å². The Morgan fingerprint density at radius 3 is 2.40 bits per heavy atom. The highest BCUT2D eigenvalue weighted by atomic mass is 35.5. The summed E-state index contributed by atoms with van der Waals surface area (Å²) in [5.41, 5.74) is 6.76. The van der Waals surface area contributed by atoms with E-state index in [2.05, 4.69) is 48.0 Å². The molecule has 3 aliphatic rings. The molecule has 3 fully saturated rings. The first-order valence-electron chi connectivity index (χ1n) is 22.2. The standard InChI is InChI=1S/C50H60ClN5O7/c1-33-38(32-62-47-23-46(61-31-36-21-35(24-52)25-53-26-36)39(22-43(47)51)29-55-18-7-6-14-44(55)48(57)58)11-8-12-41(33)42-13-9-15-45(34(42)2)60-20-10-17-54-19-16-37-28-56(30-40(37)27-54)49(59)63-50(3,4)5/h8-9,11-13,15,21-23,25-26,37,40,44H,6-7,10,14,16-20,27-32H2,1-5H3,(H,57,58)/t37?,40?,44-/m0/s1. The molecule has 1 aromatic heterocycles. The van der Waals surface area contributed by atoms with Gasteiger partial charge in [-0.2, -0.15) is 5.26 Å². The summed E-state index contributed by atoms with van der Waals surface area (Å²) in [4.78, 5) is 35.4. The van der Waals surface area contributed by atoms with Gasteiger partial charge in [-0.1, -0.05) is 48.4 Å². The molecular weight excluding hydrogens is 818 g/mol. The zero-order chi connectivity index (χ0) is 44.7. The number of nitriles is 1. The molecule has 0 aliphatic carbocycles. The van der Waals surface area contributed by atoms with Crippen molar-refractivity contribution < 1.29 is 33.6 Å². The van der Waals surface area contributed by atoms with Gasteiger partial charge in [0.05, 0.1) is 17.2 Å². The average molecular weight is 879 g/mol. The van der Waals surface area contributed by atoms with Crippen LogP contribution in [0.3, 0.4) is 0 Å². The Morgan fingerprint density at radius 2 is 1.62 bits per heavy atom. The molecule has 63 heavy (non-hydrogen) atoms. The number of pyridine rings is 1. The first-order valence-corrected chi connectivity index (χ1v) is 22.5. The largest absolute Gasteiger partial charge is 0.493 e. The first-order chi connectivity index (χ1) is 30.3. The predicted octanol–water partition coefficient (Wildman–Crippen LogP) is 9.45. The van der Waals surface area contributed by atoms with Gasteiger partial charge in [0.15, 0.2) is 0 Å². The fraction of sp³-hybridized carbons (Fsp3) is 0.480. The molecule has 4 aromatic rings. The van der Waals surface area contributed by atoms with E-state index in [1.54, 1.807) is 24.4 Å². The molecular formula is C50H60ClN5O7. The number of fused-ring (bicyclic) bond motifs is 1. The molecule has 12 nitrogen and oxygen atoms in total. The smallest absolute Gasteiger partial charge is 0.410 e. The van der Waals surface area contributed by atoms with Gasteiger partial charge in [0, 0.05) is 62.3 Å². The molecule has 4 heterocycles. The van der Waals surface area contributed by atoms with Gasteiger partial charge < -0.3 is 33.9 Å². The number of piperidine rings is 2. The summed E-state index contributed by atoms with van der Waals surface area (Å²) >= 11 is 6.90. The van der Waals surface area contributed by atoms with Crippen LogP contribution in [0, 0.1) is 37.0 Å². The van der Waals surface area contributed by atoms with Gasteiger partial charge in [-0.3, -0.25) is 14.7 Å². The number of rotatable bonds is 15. The van der Waals surface area contributed by atoms with Crippen molar-refractivity contribution in [1.29, 1.82) is 5.26 Å². The number of hydrogen-bond donors (Lipinski definition) is 1. The third-order valence-electron chi connectivity index (χ3n) is 12.5. The van der Waals surface area contributed by atoms with Crippen LogP contribution >= 0.6 is 11.6 Å². The summed E-state index contributed by atoms with van der Waals surface area (Å²) in [6, 6.07) is 19.3. The van der Waals surface area contributed by atoms with Gasteiger partial charge in [-0.05, 0) is 131 Å². The van der Waals surface area contributed by atoms with Gasteiger partial charge in [-0.25, -0.2) is 4.79 Å². The molecule has 13 heteroatoms. The van der Waals surface area contributed by atoms with Crippen LogP contribution in [0.5, 0.6) is 17.2 Å². The molecule has 0 saturated carbocycles. The topological polar surface area (TPSA) is 138 Å². The lowest BCUT2D eigenvalue weighted by Crippen LogP contribution is -2.44. The second-order valence-corrected chi connectivity index (χ2v) is 18.6. The number of benzene rings is 3. The van der Waals surface area contributed by atoms with Gasteiger partial charge in [-0.15, -0.1) is 0 Å². The second kappa shape index (κ2) is 20.4. The van der Waals surface area contributed by atoms with E-state index in [1.807, 2.05) is 48.8 Å². The van der Waals surface area contributed by atoms with Crippen LogP contribution in [0.2, 0.25) is 5.02 Å². The summed E-state index contributed by atoms with van der Waals surface area (Å²) in [6.07, 6.45) is 7.33. The Hall–Kier alpha value is -5.35. The molecule has 3 atom stereocenters. The molecule has 7 rings (SSSR count). The zero-order valence-corrected chi connectivity index (χ0v) is 38.0. The van der Waals surface area contributed by atoms with Crippen LogP contribution in [0.25, 0.3) is 11.1 Å². The minimum absolute atomic E-state index is 0.152. The molecule has 3 aliphatic heterocycles. The van der Waals surface area contributed by atoms with E-state index in [9.17, 15) is 20.0 Å². The lowest BCUT2D eigenvalue weighted by Gasteiger charge is -2.34. The number of carbonyl (C=O) groups excluding carboxylic acids is 1. The van der Waals surface area contributed by atoms with Crippen molar-refractivity contribution in [2.45, 2.75) is 98.1 Å². The average Bonchev–Trinajstić information content (AvgIpc) is 3.69. The van der Waals surface area contributed by atoms with Gasteiger partial charge >= 0.3 is 12.1 Å². The number of nitrogens with zero attached hydrogens (tertiary/aromatic N) is 5. The van der Waals surface area contributed by atoms with Crippen molar-refractivity contribution in [2.75, 3.05) is 45.9 Å². The summed E-state index contributed by atoms with van der Waals surface area (Å²) in [5, 5.41) is 19.7. The van der Waals surface area contributed by atoms with Gasteiger partial charge in [0.25, 0.3) is 0 Å². The molecule has 334 valence electrons. The number of carbonyl (C=O) groups is 2. The quantitative estimate of drug-likeness (QED) is 0.114. The minimum Gasteiger partial charge on any atom is -0.493 e. The predicted molar refractivity (Wildman–Crippen MR) is 242 cm³/mol. The van der Waals surface area contributed by atoms with Gasteiger partial charge in [0.2, 0.25) is 0 Å². The Morgan fingerprint density at radius 1 is 0.857 bits per heavy atom. The molecule has 0 radical (unpaired) electrons. The number of amides is 1. The number of carboxylic acids is 1. The van der Waals surface area contributed by atoms with Crippen molar-refractivity contribution in [2.24, 2.45) is 11.8 Å². The summed E-state index contributed by atoms with van der Waals surface area (Å²) < 4.78 is 24.8. The fourth-order valence-corrected chi connectivity index (χ4v) is 9.40. The van der Waals surface area contributed by atoms with Crippen molar-refractivity contribution in [3.05, 3.63) is 105 Å². The van der Waals surface area contributed by atoms with Crippen molar-refractivity contribution in [1.82, 2.24) is 19.7 Å². The molecule has 3 saturated heterocycles. The third kappa shape index (κ3) is 11.6. The van der Waals surface area contributed by atoms with E-state index in [1.165, 1.54) is 6.20 Å². The Balaban J connectivity index is 0.985. The summed E-state index contributed by atoms with van der Waals surface area (Å²) in [5.74, 6) is 2.01. The van der Waals surface area contributed by atoms with Crippen LogP contribution in [0.1, 0.15) is 86.3 Å². The van der Waals surface area contributed by atoms with E-state index < -0.39 is 17.6 Å². The molecule has 1 amide bonds. The SMILES string of the molecule is Cc1c(COc2cc(OCc3cncc(C#N)c3)c(CN3CCCC[C@H]3C(=O)O)cc2Cl)cccc1-c1cccc(OCCCN2CCC3CN(C(=O)OC(C)(C)C)CC3C2)c1C. The number of aromatic nitrogens is 1. The van der Waals surface area contributed by atoms with Crippen molar-refractivity contribution >= 4 is 23.7 Å². The molecule has 0 bridgehead atoms. The normalized spacial score (nSPS) is 19.3. The highest BCUT2D eigenvalue weighted by Crippen LogP contribution is 2.38. The van der Waals surface area contributed by atoms with E-state index in [4.69, 9.17) is 30.5 Å². The second-order valence-electron chi connectivity index (χ2n) is 18.2. The molecule has 0 spiro atoms. The number of ether oxygens (including phenoxy) is 4. The Bertz CT molecular complexity index is 2310. The molecule has 3 aromatic carbocycles. The van der Waals surface area contributed by atoms with E-state index in [0.29, 0.717) is 60.0 Å². The maximum absolute atomic E-state index is 12.7. The minimum atomic E-state index is -0.836. The molecule has 1 N–H and O–H groups in total. The first kappa shape index (κ1) is 45.7. The molecule has 2 unspecified atom stereocenters. The van der Waals surface area contributed by atoms with Crippen LogP contribution in [0.4, 0.5) is 4.79 Å². The van der Waals surface area contributed by atoms with Crippen molar-refractivity contribution in [3.63, 3.8) is 0 Å². The number of hydrogen-bond acceptors (Lipinski definition) is 10. The maximum Gasteiger partial charge on any atom is 0.410 e. The van der Waals surface area contributed by atoms with Crippen LogP contribution in [-0.4, -0.2) is 94.4 Å². The van der Waals surface area contributed by atoms with E-state index in [-0.39, 0.29) is 19.3 Å². The summed E-state index contributed by atoms with van der Waals surface area (Å²) in [6.45, 7) is 16.5. The Labute approximate surface area is 376 Å². The third-order valence-corrected chi connectivity index (χ3v) is 12.8. The number of likely N-dealkylation sites (tertiary alicyclic amines) is 3. The number of carboxylic acid groups (broad SMARTS) is 1. The maximum atomic E-state index is 12.7. The number of aliphatic carboxylic acids is 1. The van der Waals surface area contributed by atoms with E-state index in [0.717, 1.165) is 103 Å². The monoisotopic (exact) mass is 877 g/mol. The van der Waals surface area contributed by atoms with E-state index >= 15 is 0 Å². The van der Waals surface area contributed by atoms with Crippen LogP contribution in [-0.2, 0) is 29.3 Å². The summed E-state index contributed by atoms with van der Waals surface area (Å²) in [7, 11) is 0. The highest BCUT2D eigenvalue weighted by Gasteiger charge is 2.40. The van der Waals surface area contributed by atoms with Crippen molar-refractivity contribution in [3.8, 4) is 34.4 Å². The van der Waals surface area contributed by atoms with Gasteiger partial charge in [0.1, 0.15) is 48.2 Å². The lowest BCUT2D eigenvalue weighted by molar-refractivity contribution is -0.144. The fourth-order valence-electron chi connectivity index (χ4n) is 9.15. The van der Waals surface area contributed by atoms with Crippen LogP contribution in [0.15, 0.2) is 67.0 Å². The highest BCUT2D eigenvalue weighted by molar-refractivity contribution is 6.32. The number of halogens is 1. The Kier molecular flexibility index (Phi) is 14.8.